The minimum absolute atomic E-state index is 0.218. The van der Waals surface area contributed by atoms with E-state index in [0.717, 1.165) is 0 Å². The Morgan fingerprint density at radius 1 is 1.41 bits per heavy atom. The van der Waals surface area contributed by atoms with Crippen molar-refractivity contribution in [1.29, 1.82) is 0 Å². The Balaban J connectivity index is 2.81. The fourth-order valence-corrected chi connectivity index (χ4v) is 1.68. The normalized spacial score (nSPS) is 10.6. The number of halogens is 1. The quantitative estimate of drug-likeness (QED) is 0.813. The first-order valence-electron chi connectivity index (χ1n) is 4.63. The van der Waals surface area contributed by atoms with Crippen LogP contribution in [0.25, 0.3) is 10.9 Å². The summed E-state index contributed by atoms with van der Waals surface area (Å²) < 4.78 is 0.624. The van der Waals surface area contributed by atoms with E-state index in [1.807, 2.05) is 0 Å². The van der Waals surface area contributed by atoms with Crippen LogP contribution in [-0.2, 0) is 11.3 Å². The Labute approximate surface area is 99.1 Å². The first-order valence-corrected chi connectivity index (χ1v) is 5.01. The molecule has 0 spiro atoms. The van der Waals surface area contributed by atoms with E-state index in [9.17, 15) is 14.4 Å². The maximum atomic E-state index is 11.8. The minimum atomic E-state index is -1.26. The second-order valence-electron chi connectivity index (χ2n) is 3.41. The molecule has 0 radical (unpaired) electrons. The average Bonchev–Trinajstić information content (AvgIpc) is 2.23. The van der Waals surface area contributed by atoms with E-state index in [1.165, 1.54) is 18.2 Å². The molecule has 88 valence electrons. The number of H-pyrrole nitrogens is 1. The van der Waals surface area contributed by atoms with Gasteiger partial charge in [0.15, 0.2) is 0 Å². The summed E-state index contributed by atoms with van der Waals surface area (Å²) in [7, 11) is 0. The van der Waals surface area contributed by atoms with Gasteiger partial charge in [0.1, 0.15) is 6.54 Å². The number of aliphatic carboxylic acids is 1. The molecule has 1 aromatic heterocycles. The third-order valence-electron chi connectivity index (χ3n) is 2.24. The Kier molecular flexibility index (Phi) is 2.72. The highest BCUT2D eigenvalue weighted by molar-refractivity contribution is 6.31. The molecule has 1 heterocycles. The zero-order valence-electron chi connectivity index (χ0n) is 8.44. The standard InChI is InChI=1S/C10H7ClN2O4/c11-5-1-2-6-7(3-5)12-10(17)13(9(6)16)4-8(14)15/h1-3H,4H2,(H,12,17)(H,14,15). The zero-order valence-corrected chi connectivity index (χ0v) is 9.19. The summed E-state index contributed by atoms with van der Waals surface area (Å²) in [4.78, 5) is 36.3. The number of benzene rings is 1. The SMILES string of the molecule is O=C(O)Cn1c(=O)[nH]c2cc(Cl)ccc2c1=O. The van der Waals surface area contributed by atoms with Gasteiger partial charge in [-0.3, -0.25) is 9.59 Å². The second-order valence-corrected chi connectivity index (χ2v) is 3.84. The fraction of sp³-hybridized carbons (Fsp3) is 0.100. The van der Waals surface area contributed by atoms with Crippen molar-refractivity contribution in [1.82, 2.24) is 9.55 Å². The number of aromatic nitrogens is 2. The number of nitrogens with zero attached hydrogens (tertiary/aromatic N) is 1. The van der Waals surface area contributed by atoms with Crippen molar-refractivity contribution in [2.24, 2.45) is 0 Å². The molecule has 0 bridgehead atoms. The third-order valence-corrected chi connectivity index (χ3v) is 2.47. The Hall–Kier alpha value is -2.08. The minimum Gasteiger partial charge on any atom is -0.480 e. The summed E-state index contributed by atoms with van der Waals surface area (Å²) in [5, 5.41) is 9.19. The molecule has 0 unspecified atom stereocenters. The van der Waals surface area contributed by atoms with Crippen molar-refractivity contribution >= 4 is 28.5 Å². The highest BCUT2D eigenvalue weighted by Crippen LogP contribution is 2.13. The number of nitrogens with one attached hydrogen (secondary N) is 1. The molecule has 1 aromatic carbocycles. The van der Waals surface area contributed by atoms with Crippen molar-refractivity contribution < 1.29 is 9.90 Å². The number of fused-ring (bicyclic) bond motifs is 1. The smallest absolute Gasteiger partial charge is 0.329 e. The van der Waals surface area contributed by atoms with Crippen LogP contribution in [0.2, 0.25) is 5.02 Å². The molecule has 0 saturated heterocycles. The molecule has 6 nitrogen and oxygen atoms in total. The van der Waals surface area contributed by atoms with Gasteiger partial charge in [-0.25, -0.2) is 9.36 Å². The van der Waals surface area contributed by atoms with E-state index in [0.29, 0.717) is 9.59 Å². The van der Waals surface area contributed by atoms with Crippen LogP contribution in [0, 0.1) is 0 Å². The van der Waals surface area contributed by atoms with Crippen LogP contribution in [0.4, 0.5) is 0 Å². The molecular weight excluding hydrogens is 248 g/mol. The van der Waals surface area contributed by atoms with E-state index in [4.69, 9.17) is 16.7 Å². The van der Waals surface area contributed by atoms with E-state index in [1.54, 1.807) is 0 Å². The monoisotopic (exact) mass is 254 g/mol. The number of carbonyl (C=O) groups is 1. The lowest BCUT2D eigenvalue weighted by atomic mass is 10.2. The molecule has 0 fully saturated rings. The van der Waals surface area contributed by atoms with Gasteiger partial charge in [0, 0.05) is 5.02 Å². The lowest BCUT2D eigenvalue weighted by Crippen LogP contribution is -2.37. The molecule has 0 amide bonds. The van der Waals surface area contributed by atoms with E-state index in [2.05, 4.69) is 4.98 Å². The molecule has 7 heteroatoms. The summed E-state index contributed by atoms with van der Waals surface area (Å²) in [6, 6.07) is 4.37. The molecule has 2 aromatic rings. The second kappa shape index (κ2) is 4.06. The maximum absolute atomic E-state index is 11.8. The molecule has 0 aliphatic heterocycles. The first kappa shape index (κ1) is 11.4. The number of carboxylic acids is 1. The van der Waals surface area contributed by atoms with Gasteiger partial charge in [0.2, 0.25) is 0 Å². The maximum Gasteiger partial charge on any atom is 0.329 e. The number of hydrogen-bond acceptors (Lipinski definition) is 3. The molecule has 17 heavy (non-hydrogen) atoms. The number of hydrogen-bond donors (Lipinski definition) is 2. The van der Waals surface area contributed by atoms with Gasteiger partial charge in [0.25, 0.3) is 5.56 Å². The number of rotatable bonds is 2. The molecule has 2 N–H and O–H groups in total. The summed E-state index contributed by atoms with van der Waals surface area (Å²) in [5.41, 5.74) is -1.14. The van der Waals surface area contributed by atoms with Gasteiger partial charge in [-0.15, -0.1) is 0 Å². The van der Waals surface area contributed by atoms with Gasteiger partial charge in [-0.05, 0) is 18.2 Å². The largest absolute Gasteiger partial charge is 0.480 e. The predicted octanol–water partition coefficient (Wildman–Crippen LogP) is 0.428. The molecule has 0 atom stereocenters. The molecule has 0 aliphatic rings. The molecular formula is C10H7ClN2O4. The van der Waals surface area contributed by atoms with Crippen LogP contribution in [0.3, 0.4) is 0 Å². The summed E-state index contributed by atoms with van der Waals surface area (Å²) in [6.45, 7) is -0.674. The van der Waals surface area contributed by atoms with Gasteiger partial charge in [-0.1, -0.05) is 11.6 Å². The van der Waals surface area contributed by atoms with Crippen LogP contribution in [0.15, 0.2) is 27.8 Å². The van der Waals surface area contributed by atoms with Crippen LogP contribution in [0.1, 0.15) is 0 Å². The van der Waals surface area contributed by atoms with E-state index < -0.39 is 23.8 Å². The third kappa shape index (κ3) is 2.07. The van der Waals surface area contributed by atoms with Gasteiger partial charge < -0.3 is 10.1 Å². The number of carboxylic acid groups (broad SMARTS) is 1. The van der Waals surface area contributed by atoms with Gasteiger partial charge in [0.05, 0.1) is 10.9 Å². The van der Waals surface area contributed by atoms with Gasteiger partial charge >= 0.3 is 11.7 Å². The predicted molar refractivity (Wildman–Crippen MR) is 61.5 cm³/mol. The Bertz CT molecular complexity index is 716. The molecule has 0 aliphatic carbocycles. The van der Waals surface area contributed by atoms with Crippen molar-refractivity contribution in [3.63, 3.8) is 0 Å². The summed E-state index contributed by atoms with van der Waals surface area (Å²) in [6.07, 6.45) is 0. The summed E-state index contributed by atoms with van der Waals surface area (Å²) in [5.74, 6) is -1.26. The van der Waals surface area contributed by atoms with Crippen molar-refractivity contribution in [2.75, 3.05) is 0 Å². The van der Waals surface area contributed by atoms with Crippen LogP contribution >= 0.6 is 11.6 Å². The number of aromatic amines is 1. The topological polar surface area (TPSA) is 92.2 Å². The summed E-state index contributed by atoms with van der Waals surface area (Å²) >= 11 is 5.72. The zero-order chi connectivity index (χ0) is 12.6. The lowest BCUT2D eigenvalue weighted by molar-refractivity contribution is -0.137. The average molecular weight is 255 g/mol. The van der Waals surface area contributed by atoms with Crippen LogP contribution in [-0.4, -0.2) is 20.6 Å². The van der Waals surface area contributed by atoms with E-state index >= 15 is 0 Å². The lowest BCUT2D eigenvalue weighted by Gasteiger charge is -2.03. The van der Waals surface area contributed by atoms with Crippen LogP contribution in [0.5, 0.6) is 0 Å². The molecule has 2 rings (SSSR count). The van der Waals surface area contributed by atoms with Crippen molar-refractivity contribution in [3.05, 3.63) is 44.1 Å². The van der Waals surface area contributed by atoms with E-state index in [-0.39, 0.29) is 10.9 Å². The highest BCUT2D eigenvalue weighted by atomic mass is 35.5. The Morgan fingerprint density at radius 3 is 2.76 bits per heavy atom. The molecule has 0 saturated carbocycles. The highest BCUT2D eigenvalue weighted by Gasteiger charge is 2.10. The van der Waals surface area contributed by atoms with Crippen LogP contribution < -0.4 is 11.2 Å². The Morgan fingerprint density at radius 2 is 2.12 bits per heavy atom. The fourth-order valence-electron chi connectivity index (χ4n) is 1.51. The first-order chi connectivity index (χ1) is 7.99. The van der Waals surface area contributed by atoms with Crippen molar-refractivity contribution in [2.45, 2.75) is 6.54 Å². The van der Waals surface area contributed by atoms with Crippen molar-refractivity contribution in [3.8, 4) is 0 Å². The van der Waals surface area contributed by atoms with Gasteiger partial charge in [-0.2, -0.15) is 0 Å².